The number of aliphatic carboxylic acids is 1. The van der Waals surface area contributed by atoms with Crippen molar-refractivity contribution in [3.63, 3.8) is 0 Å². The summed E-state index contributed by atoms with van der Waals surface area (Å²) in [5.74, 6) is -2.97. The molecule has 4 atom stereocenters. The zero-order chi connectivity index (χ0) is 22.8. The van der Waals surface area contributed by atoms with Crippen molar-refractivity contribution in [1.82, 2.24) is 15.5 Å². The van der Waals surface area contributed by atoms with Crippen molar-refractivity contribution < 1.29 is 29.4 Å². The molecule has 0 aliphatic carbocycles. The minimum absolute atomic E-state index is 0.110. The molecule has 3 amide bonds. The lowest BCUT2D eigenvalue weighted by Gasteiger charge is -2.30. The number of carboxylic acids is 1. The van der Waals surface area contributed by atoms with Crippen LogP contribution in [0.1, 0.15) is 46.0 Å². The van der Waals surface area contributed by atoms with Gasteiger partial charge < -0.3 is 37.2 Å². The van der Waals surface area contributed by atoms with Crippen LogP contribution in [0, 0.1) is 5.92 Å². The largest absolute Gasteiger partial charge is 0.480 e. The van der Waals surface area contributed by atoms with Gasteiger partial charge in [0.2, 0.25) is 17.7 Å². The maximum atomic E-state index is 13.2. The van der Waals surface area contributed by atoms with Crippen molar-refractivity contribution in [2.75, 3.05) is 19.7 Å². The third-order valence-electron chi connectivity index (χ3n) is 5.22. The Bertz CT molecular complexity index is 614. The second kappa shape index (κ2) is 12.5. The predicted octanol–water partition coefficient (Wildman–Crippen LogP) is -1.86. The maximum Gasteiger partial charge on any atom is 0.328 e. The Kier molecular flexibility index (Phi) is 10.7. The van der Waals surface area contributed by atoms with Crippen LogP contribution in [0.5, 0.6) is 0 Å². The van der Waals surface area contributed by atoms with E-state index in [0.717, 1.165) is 0 Å². The number of rotatable bonds is 12. The van der Waals surface area contributed by atoms with Gasteiger partial charge in [0.1, 0.15) is 18.1 Å². The van der Waals surface area contributed by atoms with E-state index >= 15 is 0 Å². The maximum absolute atomic E-state index is 13.2. The van der Waals surface area contributed by atoms with Gasteiger partial charge in [0.05, 0.1) is 12.6 Å². The van der Waals surface area contributed by atoms with Gasteiger partial charge in [0, 0.05) is 6.54 Å². The molecule has 1 aliphatic heterocycles. The van der Waals surface area contributed by atoms with Crippen molar-refractivity contribution in [2.45, 2.75) is 70.1 Å². The Balaban J connectivity index is 2.92. The summed E-state index contributed by atoms with van der Waals surface area (Å²) in [4.78, 5) is 50.5. The van der Waals surface area contributed by atoms with E-state index in [1.54, 1.807) is 13.8 Å². The molecule has 1 saturated heterocycles. The number of carbonyl (C=O) groups is 4. The number of carbonyl (C=O) groups excluding carboxylic acids is 3. The Morgan fingerprint density at radius 1 is 1.13 bits per heavy atom. The quantitative estimate of drug-likeness (QED) is 0.195. The number of nitrogens with zero attached hydrogens (tertiary/aromatic N) is 1. The van der Waals surface area contributed by atoms with Crippen molar-refractivity contribution in [1.29, 1.82) is 0 Å². The number of likely N-dealkylation sites (tertiary alicyclic amines) is 1. The smallest absolute Gasteiger partial charge is 0.328 e. The molecule has 0 aromatic heterocycles. The molecular weight excluding hydrogens is 394 g/mol. The monoisotopic (exact) mass is 429 g/mol. The minimum atomic E-state index is -1.45. The lowest BCUT2D eigenvalue weighted by Crippen LogP contribution is -2.57. The highest BCUT2D eigenvalue weighted by atomic mass is 16.4. The van der Waals surface area contributed by atoms with Gasteiger partial charge in [0.15, 0.2) is 0 Å². The summed E-state index contributed by atoms with van der Waals surface area (Å²) < 4.78 is 0. The van der Waals surface area contributed by atoms with Crippen LogP contribution in [-0.2, 0) is 19.2 Å². The van der Waals surface area contributed by atoms with Crippen LogP contribution >= 0.6 is 0 Å². The van der Waals surface area contributed by atoms with Crippen molar-refractivity contribution >= 4 is 23.7 Å². The van der Waals surface area contributed by atoms with Crippen LogP contribution in [-0.4, -0.2) is 82.7 Å². The molecule has 0 spiro atoms. The zero-order valence-electron chi connectivity index (χ0n) is 17.7. The molecule has 1 rings (SSSR count). The van der Waals surface area contributed by atoms with Crippen LogP contribution in [0.3, 0.4) is 0 Å². The van der Waals surface area contributed by atoms with Crippen LogP contribution in [0.25, 0.3) is 0 Å². The van der Waals surface area contributed by atoms with E-state index < -0.39 is 54.5 Å². The number of aliphatic hydroxyl groups is 1. The van der Waals surface area contributed by atoms with Crippen LogP contribution in [0.15, 0.2) is 0 Å². The van der Waals surface area contributed by atoms with E-state index in [4.69, 9.17) is 21.7 Å². The molecule has 11 heteroatoms. The van der Waals surface area contributed by atoms with Crippen molar-refractivity contribution in [3.05, 3.63) is 0 Å². The molecule has 0 aromatic carbocycles. The Morgan fingerprint density at radius 3 is 2.33 bits per heavy atom. The molecule has 8 N–H and O–H groups in total. The first-order valence-corrected chi connectivity index (χ1v) is 10.3. The number of carboxylic acid groups (broad SMARTS) is 1. The average Bonchev–Trinajstić information content (AvgIpc) is 3.19. The van der Waals surface area contributed by atoms with Crippen LogP contribution in [0.2, 0.25) is 0 Å². The minimum Gasteiger partial charge on any atom is -0.480 e. The Morgan fingerprint density at radius 2 is 1.80 bits per heavy atom. The fourth-order valence-corrected chi connectivity index (χ4v) is 3.28. The molecule has 0 bridgehead atoms. The third-order valence-corrected chi connectivity index (χ3v) is 5.22. The number of aliphatic hydroxyl groups excluding tert-OH is 1. The van der Waals surface area contributed by atoms with Gasteiger partial charge in [-0.3, -0.25) is 14.4 Å². The summed E-state index contributed by atoms with van der Waals surface area (Å²) in [6, 6.07) is -3.93. The molecule has 172 valence electrons. The SMILES string of the molecule is CC(C)C(N)C(=O)NC(CCCCN)C(=O)N1CCCC1C(=O)NC(CO)C(=O)O. The molecule has 0 saturated carbocycles. The van der Waals surface area contributed by atoms with Crippen molar-refractivity contribution in [3.8, 4) is 0 Å². The summed E-state index contributed by atoms with van der Waals surface area (Å²) in [6.45, 7) is 3.61. The highest BCUT2D eigenvalue weighted by molar-refractivity contribution is 5.94. The number of unbranched alkanes of at least 4 members (excludes halogenated alkanes) is 1. The van der Waals surface area contributed by atoms with Gasteiger partial charge in [-0.15, -0.1) is 0 Å². The molecule has 1 heterocycles. The number of hydrogen-bond acceptors (Lipinski definition) is 7. The van der Waals surface area contributed by atoms with E-state index in [9.17, 15) is 19.2 Å². The summed E-state index contributed by atoms with van der Waals surface area (Å²) in [6.07, 6.45) is 2.57. The van der Waals surface area contributed by atoms with Crippen LogP contribution in [0.4, 0.5) is 0 Å². The standard InChI is InChI=1S/C19H35N5O6/c1-11(2)15(21)17(27)22-12(6-3-4-8-20)18(28)24-9-5-7-14(24)16(26)23-13(10-25)19(29)30/h11-15,25H,3-10,20-21H2,1-2H3,(H,22,27)(H,23,26)(H,29,30). The van der Waals surface area contributed by atoms with E-state index in [2.05, 4.69) is 10.6 Å². The Labute approximate surface area is 176 Å². The highest BCUT2D eigenvalue weighted by Crippen LogP contribution is 2.20. The first-order chi connectivity index (χ1) is 14.1. The fourth-order valence-electron chi connectivity index (χ4n) is 3.28. The summed E-state index contributed by atoms with van der Waals surface area (Å²) >= 11 is 0. The first-order valence-electron chi connectivity index (χ1n) is 10.3. The number of amides is 3. The lowest BCUT2D eigenvalue weighted by molar-refractivity contribution is -0.145. The topological polar surface area (TPSA) is 188 Å². The first kappa shape index (κ1) is 25.8. The second-order valence-electron chi connectivity index (χ2n) is 7.89. The van der Waals surface area contributed by atoms with E-state index in [1.807, 2.05) is 0 Å². The lowest BCUT2D eigenvalue weighted by atomic mass is 10.0. The van der Waals surface area contributed by atoms with Crippen LogP contribution < -0.4 is 22.1 Å². The summed E-state index contributed by atoms with van der Waals surface area (Å²) in [5, 5.41) is 23.1. The fraction of sp³-hybridized carbons (Fsp3) is 0.789. The Hall–Kier alpha value is -2.24. The molecule has 0 radical (unpaired) electrons. The van der Waals surface area contributed by atoms with Gasteiger partial charge in [-0.1, -0.05) is 13.8 Å². The van der Waals surface area contributed by atoms with Gasteiger partial charge in [-0.25, -0.2) is 4.79 Å². The average molecular weight is 430 g/mol. The molecular formula is C19H35N5O6. The second-order valence-corrected chi connectivity index (χ2v) is 7.89. The van der Waals surface area contributed by atoms with E-state index in [1.165, 1.54) is 4.90 Å². The summed E-state index contributed by atoms with van der Waals surface area (Å²) in [5.41, 5.74) is 11.4. The normalized spacial score (nSPS) is 19.3. The zero-order valence-corrected chi connectivity index (χ0v) is 17.7. The molecule has 11 nitrogen and oxygen atoms in total. The number of nitrogens with one attached hydrogen (secondary N) is 2. The predicted molar refractivity (Wildman–Crippen MR) is 109 cm³/mol. The van der Waals surface area contributed by atoms with Gasteiger partial charge in [-0.2, -0.15) is 0 Å². The van der Waals surface area contributed by atoms with Gasteiger partial charge in [0.25, 0.3) is 0 Å². The van der Waals surface area contributed by atoms with Gasteiger partial charge >= 0.3 is 5.97 Å². The molecule has 1 aliphatic rings. The third kappa shape index (κ3) is 7.22. The molecule has 4 unspecified atom stereocenters. The van der Waals surface area contributed by atoms with Crippen molar-refractivity contribution in [2.24, 2.45) is 17.4 Å². The molecule has 1 fully saturated rings. The molecule has 30 heavy (non-hydrogen) atoms. The van der Waals surface area contributed by atoms with E-state index in [0.29, 0.717) is 45.2 Å². The number of nitrogens with two attached hydrogens (primary N) is 2. The van der Waals surface area contributed by atoms with Gasteiger partial charge in [-0.05, 0) is 44.6 Å². The summed E-state index contributed by atoms with van der Waals surface area (Å²) in [7, 11) is 0. The highest BCUT2D eigenvalue weighted by Gasteiger charge is 2.39. The van der Waals surface area contributed by atoms with E-state index in [-0.39, 0.29) is 5.92 Å². The number of hydrogen-bond donors (Lipinski definition) is 6. The molecule has 0 aromatic rings.